The quantitative estimate of drug-likeness (QED) is 0.328. The van der Waals surface area contributed by atoms with Crippen molar-refractivity contribution < 1.29 is 10.0 Å². The van der Waals surface area contributed by atoms with Crippen LogP contribution in [0.2, 0.25) is 0 Å². The van der Waals surface area contributed by atoms with Gasteiger partial charge in [-0.25, -0.2) is 0 Å². The summed E-state index contributed by atoms with van der Waals surface area (Å²) in [6.45, 7) is 8.95. The van der Waals surface area contributed by atoms with Crippen molar-refractivity contribution in [1.29, 1.82) is 0 Å². The molecule has 21 heavy (non-hydrogen) atoms. The summed E-state index contributed by atoms with van der Waals surface area (Å²) in [4.78, 5) is 15.0. The van der Waals surface area contributed by atoms with E-state index in [9.17, 15) is 4.79 Å². The lowest BCUT2D eigenvalue weighted by Crippen LogP contribution is -2.47. The van der Waals surface area contributed by atoms with E-state index >= 15 is 0 Å². The third kappa shape index (κ3) is 4.61. The summed E-state index contributed by atoms with van der Waals surface area (Å²) in [5, 5.41) is 11.7. The zero-order valence-electron chi connectivity index (χ0n) is 13.9. The molecule has 122 valence electrons. The molecule has 3 N–H and O–H groups in total. The van der Waals surface area contributed by atoms with Crippen molar-refractivity contribution in [2.45, 2.75) is 72.3 Å². The Labute approximate surface area is 128 Å². The Balaban J connectivity index is 2.86. The predicted molar refractivity (Wildman–Crippen MR) is 85.2 cm³/mol. The fourth-order valence-corrected chi connectivity index (χ4v) is 3.52. The molecule has 0 aromatic carbocycles. The highest BCUT2D eigenvalue weighted by Crippen LogP contribution is 2.45. The van der Waals surface area contributed by atoms with Gasteiger partial charge in [-0.2, -0.15) is 0 Å². The average molecular weight is 297 g/mol. The lowest BCUT2D eigenvalue weighted by atomic mass is 9.77. The molecule has 1 amide bonds. The normalized spacial score (nSPS) is 18.5. The van der Waals surface area contributed by atoms with E-state index < -0.39 is 0 Å². The molecule has 1 aliphatic carbocycles. The molecular weight excluding hydrogens is 266 g/mol. The molecule has 1 fully saturated rings. The first-order valence-corrected chi connectivity index (χ1v) is 8.10. The Morgan fingerprint density at radius 1 is 1.29 bits per heavy atom. The van der Waals surface area contributed by atoms with Gasteiger partial charge < -0.3 is 15.8 Å². The van der Waals surface area contributed by atoms with E-state index in [0.29, 0.717) is 18.9 Å². The maximum Gasteiger partial charge on any atom is 0.229 e. The second kappa shape index (κ2) is 7.66. The van der Waals surface area contributed by atoms with Gasteiger partial charge in [0.25, 0.3) is 0 Å². The molecule has 1 saturated carbocycles. The van der Waals surface area contributed by atoms with E-state index in [4.69, 9.17) is 10.9 Å². The van der Waals surface area contributed by atoms with E-state index in [1.807, 2.05) is 18.7 Å². The minimum absolute atomic E-state index is 0.133. The number of carbonyl (C=O) groups is 1. The van der Waals surface area contributed by atoms with Gasteiger partial charge in [-0.3, -0.25) is 4.79 Å². The number of carbonyl (C=O) groups excluding carboxylic acids is 1. The summed E-state index contributed by atoms with van der Waals surface area (Å²) in [5.74, 6) is 0.956. The number of nitrogens with two attached hydrogens (primary N) is 1. The van der Waals surface area contributed by atoms with E-state index in [1.54, 1.807) is 0 Å². The van der Waals surface area contributed by atoms with E-state index in [2.05, 4.69) is 19.0 Å². The van der Waals surface area contributed by atoms with Crippen LogP contribution in [0.5, 0.6) is 0 Å². The fraction of sp³-hybridized carbons (Fsp3) is 0.875. The van der Waals surface area contributed by atoms with Gasteiger partial charge in [-0.15, -0.1) is 0 Å². The number of amidine groups is 1. The minimum atomic E-state index is -0.191. The number of amides is 1. The fourth-order valence-electron chi connectivity index (χ4n) is 3.52. The minimum Gasteiger partial charge on any atom is -0.409 e. The second-order valence-corrected chi connectivity index (χ2v) is 7.02. The molecule has 0 heterocycles. The molecule has 1 rings (SSSR count). The van der Waals surface area contributed by atoms with Gasteiger partial charge in [0, 0.05) is 24.4 Å². The number of rotatable bonds is 7. The lowest BCUT2D eigenvalue weighted by molar-refractivity contribution is -0.144. The Morgan fingerprint density at radius 3 is 2.29 bits per heavy atom. The van der Waals surface area contributed by atoms with Crippen LogP contribution in [0.4, 0.5) is 0 Å². The van der Waals surface area contributed by atoms with Crippen LogP contribution in [0, 0.1) is 11.3 Å². The highest BCUT2D eigenvalue weighted by molar-refractivity contribution is 5.84. The molecule has 0 aromatic rings. The SMILES string of the molecule is CC(C)CC1(C(=O)N(CCC(N)=NO)C(C)C)CCCC1. The van der Waals surface area contributed by atoms with Gasteiger partial charge in [0.05, 0.1) is 0 Å². The zero-order chi connectivity index (χ0) is 16.0. The van der Waals surface area contributed by atoms with Crippen LogP contribution in [0.25, 0.3) is 0 Å². The molecule has 0 saturated heterocycles. The van der Waals surface area contributed by atoms with Crippen molar-refractivity contribution in [3.63, 3.8) is 0 Å². The number of oxime groups is 1. The Morgan fingerprint density at radius 2 is 1.86 bits per heavy atom. The first kappa shape index (κ1) is 17.8. The standard InChI is InChI=1S/C16H31N3O2/c1-12(2)11-16(8-5-6-9-16)15(20)19(13(3)4)10-7-14(17)18-21/h12-13,21H,5-11H2,1-4H3,(H2,17,18). The first-order chi connectivity index (χ1) is 9.82. The van der Waals surface area contributed by atoms with Crippen molar-refractivity contribution in [3.8, 4) is 0 Å². The topological polar surface area (TPSA) is 78.9 Å². The van der Waals surface area contributed by atoms with Gasteiger partial charge in [0.1, 0.15) is 5.84 Å². The molecule has 0 atom stereocenters. The summed E-state index contributed by atoms with van der Waals surface area (Å²) < 4.78 is 0. The largest absolute Gasteiger partial charge is 0.409 e. The van der Waals surface area contributed by atoms with Crippen LogP contribution in [-0.2, 0) is 4.79 Å². The second-order valence-electron chi connectivity index (χ2n) is 7.02. The highest BCUT2D eigenvalue weighted by atomic mass is 16.4. The van der Waals surface area contributed by atoms with Gasteiger partial charge in [0.15, 0.2) is 0 Å². The van der Waals surface area contributed by atoms with Crippen LogP contribution < -0.4 is 5.73 Å². The molecule has 5 nitrogen and oxygen atoms in total. The number of hydrogen-bond acceptors (Lipinski definition) is 3. The Hall–Kier alpha value is -1.26. The van der Waals surface area contributed by atoms with Gasteiger partial charge in [-0.1, -0.05) is 31.8 Å². The van der Waals surface area contributed by atoms with E-state index in [1.165, 1.54) is 0 Å². The maximum absolute atomic E-state index is 13.1. The third-order valence-electron chi connectivity index (χ3n) is 4.43. The van der Waals surface area contributed by atoms with Crippen LogP contribution >= 0.6 is 0 Å². The third-order valence-corrected chi connectivity index (χ3v) is 4.43. The predicted octanol–water partition coefficient (Wildman–Crippen LogP) is 2.97. The number of hydrogen-bond donors (Lipinski definition) is 2. The van der Waals surface area contributed by atoms with Crippen LogP contribution in [-0.4, -0.2) is 34.4 Å². The van der Waals surface area contributed by atoms with Gasteiger partial charge in [-0.05, 0) is 39.0 Å². The highest BCUT2D eigenvalue weighted by Gasteiger charge is 2.44. The molecule has 5 heteroatoms. The lowest BCUT2D eigenvalue weighted by Gasteiger charge is -2.37. The van der Waals surface area contributed by atoms with E-state index in [0.717, 1.165) is 32.1 Å². The molecule has 1 aliphatic rings. The monoisotopic (exact) mass is 297 g/mol. The van der Waals surface area contributed by atoms with Crippen LogP contribution in [0.1, 0.15) is 66.2 Å². The maximum atomic E-state index is 13.1. The molecule has 0 spiro atoms. The molecule has 0 radical (unpaired) electrons. The molecule has 0 unspecified atom stereocenters. The molecule has 0 aliphatic heterocycles. The Bertz CT molecular complexity index is 372. The van der Waals surface area contributed by atoms with Gasteiger partial charge >= 0.3 is 0 Å². The summed E-state index contributed by atoms with van der Waals surface area (Å²) in [5.41, 5.74) is 5.36. The molecule has 0 bridgehead atoms. The summed E-state index contributed by atoms with van der Waals surface area (Å²) in [7, 11) is 0. The zero-order valence-corrected chi connectivity index (χ0v) is 13.9. The molecule has 0 aromatic heterocycles. The van der Waals surface area contributed by atoms with E-state index in [-0.39, 0.29) is 23.2 Å². The van der Waals surface area contributed by atoms with Crippen molar-refractivity contribution >= 4 is 11.7 Å². The summed E-state index contributed by atoms with van der Waals surface area (Å²) in [6.07, 6.45) is 5.65. The Kier molecular flexibility index (Phi) is 6.49. The van der Waals surface area contributed by atoms with Crippen molar-refractivity contribution in [1.82, 2.24) is 4.90 Å². The summed E-state index contributed by atoms with van der Waals surface area (Å²) >= 11 is 0. The van der Waals surface area contributed by atoms with Crippen molar-refractivity contribution in [2.24, 2.45) is 22.2 Å². The molecular formula is C16H31N3O2. The van der Waals surface area contributed by atoms with Gasteiger partial charge in [0.2, 0.25) is 5.91 Å². The van der Waals surface area contributed by atoms with Crippen molar-refractivity contribution in [3.05, 3.63) is 0 Å². The summed E-state index contributed by atoms with van der Waals surface area (Å²) in [6, 6.07) is 0.133. The first-order valence-electron chi connectivity index (χ1n) is 8.10. The number of nitrogens with zero attached hydrogens (tertiary/aromatic N) is 2. The van der Waals surface area contributed by atoms with Crippen LogP contribution in [0.15, 0.2) is 5.16 Å². The van der Waals surface area contributed by atoms with Crippen LogP contribution in [0.3, 0.4) is 0 Å². The average Bonchev–Trinajstić information content (AvgIpc) is 2.86. The van der Waals surface area contributed by atoms with Crippen molar-refractivity contribution in [2.75, 3.05) is 6.54 Å². The smallest absolute Gasteiger partial charge is 0.229 e.